The van der Waals surface area contributed by atoms with Gasteiger partial charge in [-0.15, -0.1) is 0 Å². The summed E-state index contributed by atoms with van der Waals surface area (Å²) in [5, 5.41) is 0. The zero-order valence-corrected chi connectivity index (χ0v) is 10.0. The molecule has 1 heteroatoms. The lowest BCUT2D eigenvalue weighted by Crippen LogP contribution is -2.35. The molecule has 1 heterocycles. The van der Waals surface area contributed by atoms with Crippen LogP contribution in [0.3, 0.4) is 0 Å². The fourth-order valence-electron chi connectivity index (χ4n) is 2.82. The van der Waals surface area contributed by atoms with E-state index in [0.29, 0.717) is 0 Å². The minimum absolute atomic E-state index is 0.766. The molecule has 1 aliphatic heterocycles. The Kier molecular flexibility index (Phi) is 3.11. The highest BCUT2D eigenvalue weighted by molar-refractivity contribution is 5.30. The number of aryl methyl sites for hydroxylation is 1. The van der Waals surface area contributed by atoms with Crippen LogP contribution in [0.5, 0.6) is 0 Å². The van der Waals surface area contributed by atoms with Crippen LogP contribution in [0.1, 0.15) is 30.4 Å². The maximum atomic E-state index is 2.44. The number of nitrogens with zero attached hydrogens (tertiary/aromatic N) is 1. The molecular weight excluding hydrogens is 182 g/mol. The molecule has 0 saturated carbocycles. The topological polar surface area (TPSA) is 3.24 Å². The zero-order chi connectivity index (χ0) is 10.8. The monoisotopic (exact) mass is 203 g/mol. The smallest absolute Gasteiger partial charge is 0.000982 e. The van der Waals surface area contributed by atoms with Crippen molar-refractivity contribution in [3.63, 3.8) is 0 Å². The van der Waals surface area contributed by atoms with Crippen molar-refractivity contribution >= 4 is 0 Å². The van der Waals surface area contributed by atoms with Crippen LogP contribution in [0.15, 0.2) is 24.3 Å². The van der Waals surface area contributed by atoms with Gasteiger partial charge in [-0.3, -0.25) is 0 Å². The van der Waals surface area contributed by atoms with Crippen molar-refractivity contribution in [1.82, 2.24) is 4.90 Å². The molecule has 2 atom stereocenters. The lowest BCUT2D eigenvalue weighted by Gasteiger charge is -2.35. The first-order valence-electron chi connectivity index (χ1n) is 5.92. The molecule has 0 unspecified atom stereocenters. The molecule has 1 nitrogen and oxygen atoms in total. The number of hydrogen-bond acceptors (Lipinski definition) is 1. The Hall–Kier alpha value is -0.820. The maximum Gasteiger partial charge on any atom is 0.000982 e. The molecule has 1 aromatic rings. The van der Waals surface area contributed by atoms with Gasteiger partial charge in [-0.2, -0.15) is 0 Å². The predicted octanol–water partition coefficient (Wildman–Crippen LogP) is 3.05. The molecule has 0 N–H and O–H groups in total. The molecule has 0 spiro atoms. The van der Waals surface area contributed by atoms with Gasteiger partial charge in [-0.25, -0.2) is 0 Å². The van der Waals surface area contributed by atoms with Crippen molar-refractivity contribution in [2.24, 2.45) is 5.92 Å². The second kappa shape index (κ2) is 4.36. The fraction of sp³-hybridized carbons (Fsp3) is 0.571. The van der Waals surface area contributed by atoms with Crippen molar-refractivity contribution in [2.75, 3.05) is 20.1 Å². The zero-order valence-electron chi connectivity index (χ0n) is 10.0. The average Bonchev–Trinajstić information content (AvgIpc) is 2.20. The summed E-state index contributed by atoms with van der Waals surface area (Å²) >= 11 is 0. The van der Waals surface area contributed by atoms with Crippen molar-refractivity contribution in [2.45, 2.75) is 26.2 Å². The summed E-state index contributed by atoms with van der Waals surface area (Å²) in [4.78, 5) is 2.44. The van der Waals surface area contributed by atoms with Gasteiger partial charge < -0.3 is 4.90 Å². The lowest BCUT2D eigenvalue weighted by atomic mass is 9.80. The summed E-state index contributed by atoms with van der Waals surface area (Å²) in [7, 11) is 2.23. The first kappa shape index (κ1) is 10.7. The Morgan fingerprint density at radius 3 is 2.67 bits per heavy atom. The molecule has 82 valence electrons. The minimum Gasteiger partial charge on any atom is -0.306 e. The molecule has 1 aromatic carbocycles. The summed E-state index contributed by atoms with van der Waals surface area (Å²) in [6.45, 7) is 7.09. The highest BCUT2D eigenvalue weighted by Crippen LogP contribution is 2.33. The van der Waals surface area contributed by atoms with Gasteiger partial charge in [0.25, 0.3) is 0 Å². The molecule has 0 aliphatic carbocycles. The molecule has 1 aliphatic rings. The second-order valence-electron chi connectivity index (χ2n) is 4.99. The van der Waals surface area contributed by atoms with E-state index in [2.05, 4.69) is 50.1 Å². The van der Waals surface area contributed by atoms with E-state index in [1.807, 2.05) is 0 Å². The first-order valence-corrected chi connectivity index (χ1v) is 5.92. The van der Waals surface area contributed by atoms with Crippen LogP contribution in [0.4, 0.5) is 0 Å². The van der Waals surface area contributed by atoms with Crippen molar-refractivity contribution in [3.05, 3.63) is 35.4 Å². The van der Waals surface area contributed by atoms with Gasteiger partial charge in [-0.1, -0.05) is 31.2 Å². The highest BCUT2D eigenvalue weighted by atomic mass is 15.1. The number of benzene rings is 1. The van der Waals surface area contributed by atoms with E-state index >= 15 is 0 Å². The van der Waals surface area contributed by atoms with E-state index in [4.69, 9.17) is 0 Å². The summed E-state index contributed by atoms with van der Waals surface area (Å²) in [5.41, 5.74) is 3.03. The average molecular weight is 203 g/mol. The van der Waals surface area contributed by atoms with Crippen LogP contribution in [0.25, 0.3) is 0 Å². The second-order valence-corrected chi connectivity index (χ2v) is 4.99. The highest BCUT2D eigenvalue weighted by Gasteiger charge is 2.26. The van der Waals surface area contributed by atoms with Gasteiger partial charge in [0.1, 0.15) is 0 Å². The molecule has 1 fully saturated rings. The Bertz CT molecular complexity index is 332. The Labute approximate surface area is 93.1 Å². The van der Waals surface area contributed by atoms with E-state index in [1.165, 1.54) is 25.1 Å². The molecular formula is C14H21N. The number of piperidine rings is 1. The third-order valence-electron chi connectivity index (χ3n) is 3.70. The van der Waals surface area contributed by atoms with Gasteiger partial charge in [0.15, 0.2) is 0 Å². The van der Waals surface area contributed by atoms with Crippen LogP contribution in [-0.2, 0) is 0 Å². The number of hydrogen-bond donors (Lipinski definition) is 0. The molecule has 0 aromatic heterocycles. The Balaban J connectivity index is 2.20. The van der Waals surface area contributed by atoms with Gasteiger partial charge in [0.2, 0.25) is 0 Å². The summed E-state index contributed by atoms with van der Waals surface area (Å²) in [6.07, 6.45) is 1.31. The molecule has 2 rings (SSSR count). The van der Waals surface area contributed by atoms with Crippen LogP contribution in [0.2, 0.25) is 0 Å². The summed E-state index contributed by atoms with van der Waals surface area (Å²) < 4.78 is 0. The van der Waals surface area contributed by atoms with E-state index in [1.54, 1.807) is 5.56 Å². The molecule has 1 saturated heterocycles. The van der Waals surface area contributed by atoms with Gasteiger partial charge in [0.05, 0.1) is 0 Å². The normalized spacial score (nSPS) is 27.9. The largest absolute Gasteiger partial charge is 0.306 e. The van der Waals surface area contributed by atoms with Crippen LogP contribution >= 0.6 is 0 Å². The van der Waals surface area contributed by atoms with Gasteiger partial charge in [0, 0.05) is 6.54 Å². The lowest BCUT2D eigenvalue weighted by molar-refractivity contribution is 0.195. The van der Waals surface area contributed by atoms with E-state index < -0.39 is 0 Å². The first-order chi connectivity index (χ1) is 7.18. The van der Waals surface area contributed by atoms with Gasteiger partial charge in [-0.05, 0) is 49.9 Å². The van der Waals surface area contributed by atoms with Crippen LogP contribution < -0.4 is 0 Å². The quantitative estimate of drug-likeness (QED) is 0.678. The van der Waals surface area contributed by atoms with Crippen molar-refractivity contribution in [3.8, 4) is 0 Å². The standard InChI is InChI=1S/C14H21N/c1-11-6-4-5-7-13(11)14-8-9-15(3)10-12(14)2/h4-7,12,14H,8-10H2,1-3H3/t12-,14-/m0/s1. The molecule has 0 amide bonds. The van der Waals surface area contributed by atoms with Crippen molar-refractivity contribution < 1.29 is 0 Å². The Morgan fingerprint density at radius 2 is 2.00 bits per heavy atom. The van der Waals surface area contributed by atoms with E-state index in [-0.39, 0.29) is 0 Å². The third-order valence-corrected chi connectivity index (χ3v) is 3.70. The van der Waals surface area contributed by atoms with Crippen LogP contribution in [0, 0.1) is 12.8 Å². The van der Waals surface area contributed by atoms with Gasteiger partial charge >= 0.3 is 0 Å². The van der Waals surface area contributed by atoms with Crippen molar-refractivity contribution in [1.29, 1.82) is 0 Å². The number of rotatable bonds is 1. The summed E-state index contributed by atoms with van der Waals surface area (Å²) in [5.74, 6) is 1.55. The molecule has 15 heavy (non-hydrogen) atoms. The van der Waals surface area contributed by atoms with Crippen LogP contribution in [-0.4, -0.2) is 25.0 Å². The molecule has 0 radical (unpaired) electrons. The number of likely N-dealkylation sites (tertiary alicyclic amines) is 1. The van der Waals surface area contributed by atoms with E-state index in [9.17, 15) is 0 Å². The maximum absolute atomic E-state index is 2.44. The Morgan fingerprint density at radius 1 is 1.27 bits per heavy atom. The summed E-state index contributed by atoms with van der Waals surface area (Å²) in [6, 6.07) is 8.86. The third kappa shape index (κ3) is 2.23. The fourth-order valence-corrected chi connectivity index (χ4v) is 2.82. The minimum atomic E-state index is 0.766. The SMILES string of the molecule is Cc1ccccc1[C@H]1CCN(C)C[C@@H]1C. The molecule has 0 bridgehead atoms. The predicted molar refractivity (Wildman–Crippen MR) is 65.2 cm³/mol. The van der Waals surface area contributed by atoms with E-state index in [0.717, 1.165) is 11.8 Å².